The highest BCUT2D eigenvalue weighted by Gasteiger charge is 2.81. The van der Waals surface area contributed by atoms with Gasteiger partial charge in [0, 0.05) is 11.5 Å². The first-order chi connectivity index (χ1) is 8.49. The maximum absolute atomic E-state index is 11.8. The predicted octanol–water partition coefficient (Wildman–Crippen LogP) is 2.45. The lowest BCUT2D eigenvalue weighted by molar-refractivity contribution is -0.143. The van der Waals surface area contributed by atoms with Crippen LogP contribution >= 0.6 is 0 Å². The van der Waals surface area contributed by atoms with Crippen LogP contribution in [0.25, 0.3) is 0 Å². The van der Waals surface area contributed by atoms with Crippen molar-refractivity contribution in [3.05, 3.63) is 12.2 Å². The lowest BCUT2D eigenvalue weighted by atomic mass is 9.77. The van der Waals surface area contributed by atoms with Crippen molar-refractivity contribution in [2.45, 2.75) is 56.8 Å². The molecule has 0 amide bonds. The van der Waals surface area contributed by atoms with E-state index in [1.165, 1.54) is 6.42 Å². The summed E-state index contributed by atoms with van der Waals surface area (Å²) >= 11 is 0. The smallest absolute Gasteiger partial charge is 0.334 e. The molecule has 0 aromatic heterocycles. The van der Waals surface area contributed by atoms with Gasteiger partial charge in [-0.2, -0.15) is 0 Å². The number of ether oxygens (including phenoxy) is 2. The number of carbonyl (C=O) groups is 1. The predicted molar refractivity (Wildman–Crippen MR) is 65.9 cm³/mol. The minimum absolute atomic E-state index is 0.0515. The summed E-state index contributed by atoms with van der Waals surface area (Å²) < 4.78 is 11.8. The van der Waals surface area contributed by atoms with Gasteiger partial charge in [-0.25, -0.2) is 4.79 Å². The molecule has 0 radical (unpaired) electrons. The van der Waals surface area contributed by atoms with Gasteiger partial charge in [0.2, 0.25) is 0 Å². The first kappa shape index (κ1) is 11.0. The highest BCUT2D eigenvalue weighted by atomic mass is 16.7. The normalized spacial score (nSPS) is 57.4. The standard InChI is InChI=1S/C15H20O3/c1-8-4-5-10-9(2)13(16)17-12(10)15-11(8)6-7-14(15,3)18-15/h8,10-12H,2,4-7H2,1,3H3/t8-,10-,11-,12+,14-,15-/m0/s1. The average Bonchev–Trinajstić information content (AvgIpc) is 2.73. The first-order valence-corrected chi connectivity index (χ1v) is 7.09. The molecule has 4 rings (SSSR count). The molecule has 0 unspecified atom stereocenters. The van der Waals surface area contributed by atoms with Crippen molar-refractivity contribution >= 4 is 5.97 Å². The van der Waals surface area contributed by atoms with Crippen LogP contribution in [0.15, 0.2) is 12.2 Å². The Morgan fingerprint density at radius 2 is 2.11 bits per heavy atom. The van der Waals surface area contributed by atoms with Crippen LogP contribution in [0.1, 0.15) is 39.5 Å². The fourth-order valence-electron chi connectivity index (χ4n) is 4.95. The van der Waals surface area contributed by atoms with Gasteiger partial charge in [0.1, 0.15) is 11.7 Å². The van der Waals surface area contributed by atoms with Crippen LogP contribution in [-0.2, 0) is 14.3 Å². The molecule has 6 atom stereocenters. The summed E-state index contributed by atoms with van der Waals surface area (Å²) in [4.78, 5) is 11.8. The molecule has 0 bridgehead atoms. The largest absolute Gasteiger partial charge is 0.455 e. The molecular formula is C15H20O3. The number of esters is 1. The van der Waals surface area contributed by atoms with Gasteiger partial charge in [-0.05, 0) is 44.4 Å². The van der Waals surface area contributed by atoms with Crippen molar-refractivity contribution in [1.82, 2.24) is 0 Å². The molecule has 0 aromatic rings. The molecule has 1 spiro atoms. The SMILES string of the molecule is C=C1C(=O)O[C@@H]2[C@H]1CC[C@H](C)[C@@H]1CC[C@]3(C)O[C@]213. The number of epoxide rings is 1. The van der Waals surface area contributed by atoms with Crippen LogP contribution in [0, 0.1) is 17.8 Å². The number of fused-ring (bicyclic) bond motifs is 1. The van der Waals surface area contributed by atoms with Crippen molar-refractivity contribution in [3.63, 3.8) is 0 Å². The fourth-order valence-corrected chi connectivity index (χ4v) is 4.95. The monoisotopic (exact) mass is 248 g/mol. The van der Waals surface area contributed by atoms with Gasteiger partial charge in [-0.1, -0.05) is 13.5 Å². The molecule has 3 heteroatoms. The van der Waals surface area contributed by atoms with Crippen molar-refractivity contribution in [1.29, 1.82) is 0 Å². The number of rotatable bonds is 0. The minimum atomic E-state index is -0.197. The zero-order chi connectivity index (χ0) is 12.7. The Labute approximate surface area is 108 Å². The van der Waals surface area contributed by atoms with E-state index in [9.17, 15) is 4.79 Å². The molecular weight excluding hydrogens is 228 g/mol. The van der Waals surface area contributed by atoms with Gasteiger partial charge < -0.3 is 9.47 Å². The second-order valence-corrected chi connectivity index (χ2v) is 6.78. The number of hydrogen-bond acceptors (Lipinski definition) is 3. The van der Waals surface area contributed by atoms with Crippen LogP contribution in [0.2, 0.25) is 0 Å². The zero-order valence-corrected chi connectivity index (χ0v) is 11.1. The van der Waals surface area contributed by atoms with E-state index in [-0.39, 0.29) is 29.2 Å². The van der Waals surface area contributed by atoms with E-state index in [1.54, 1.807) is 0 Å². The van der Waals surface area contributed by atoms with Gasteiger partial charge in [-0.3, -0.25) is 0 Å². The molecule has 4 fully saturated rings. The van der Waals surface area contributed by atoms with Crippen LogP contribution in [0.4, 0.5) is 0 Å². The second-order valence-electron chi connectivity index (χ2n) is 6.78. The zero-order valence-electron chi connectivity index (χ0n) is 11.1. The summed E-state index contributed by atoms with van der Waals surface area (Å²) in [5.74, 6) is 1.20. The molecule has 4 aliphatic rings. The second kappa shape index (κ2) is 3.01. The van der Waals surface area contributed by atoms with Crippen molar-refractivity contribution in [3.8, 4) is 0 Å². The molecule has 98 valence electrons. The Bertz CT molecular complexity index is 457. The van der Waals surface area contributed by atoms with Crippen LogP contribution < -0.4 is 0 Å². The Balaban J connectivity index is 1.81. The van der Waals surface area contributed by atoms with Crippen molar-refractivity contribution in [2.75, 3.05) is 0 Å². The minimum Gasteiger partial charge on any atom is -0.455 e. The molecule has 2 aliphatic carbocycles. The van der Waals surface area contributed by atoms with E-state index in [1.807, 2.05) is 0 Å². The van der Waals surface area contributed by atoms with Gasteiger partial charge in [0.05, 0.1) is 5.60 Å². The van der Waals surface area contributed by atoms with Crippen molar-refractivity contribution in [2.24, 2.45) is 17.8 Å². The molecule has 2 heterocycles. The topological polar surface area (TPSA) is 38.8 Å². The quantitative estimate of drug-likeness (QED) is 0.375. The summed E-state index contributed by atoms with van der Waals surface area (Å²) in [6.07, 6.45) is 4.43. The third-order valence-corrected chi connectivity index (χ3v) is 6.01. The molecule has 3 nitrogen and oxygen atoms in total. The third kappa shape index (κ3) is 1.00. The lowest BCUT2D eigenvalue weighted by Gasteiger charge is -2.28. The summed E-state index contributed by atoms with van der Waals surface area (Å²) in [5.41, 5.74) is 0.430. The van der Waals surface area contributed by atoms with E-state index in [0.29, 0.717) is 17.4 Å². The summed E-state index contributed by atoms with van der Waals surface area (Å²) in [7, 11) is 0. The van der Waals surface area contributed by atoms with E-state index in [4.69, 9.17) is 9.47 Å². The number of carbonyl (C=O) groups excluding carboxylic acids is 1. The average molecular weight is 248 g/mol. The van der Waals surface area contributed by atoms with Gasteiger partial charge in [-0.15, -0.1) is 0 Å². The highest BCUT2D eigenvalue weighted by molar-refractivity contribution is 5.91. The maximum Gasteiger partial charge on any atom is 0.334 e. The summed E-state index contributed by atoms with van der Waals surface area (Å²) in [6.45, 7) is 8.46. The molecule has 2 aliphatic heterocycles. The Morgan fingerprint density at radius 3 is 2.83 bits per heavy atom. The van der Waals surface area contributed by atoms with E-state index in [2.05, 4.69) is 20.4 Å². The fraction of sp³-hybridized carbons (Fsp3) is 0.800. The Kier molecular flexibility index (Phi) is 1.84. The molecule has 18 heavy (non-hydrogen) atoms. The molecule has 2 saturated heterocycles. The molecule has 2 saturated carbocycles. The summed E-state index contributed by atoms with van der Waals surface area (Å²) in [6, 6.07) is 0. The Morgan fingerprint density at radius 1 is 1.33 bits per heavy atom. The maximum atomic E-state index is 11.8. The molecule has 0 aromatic carbocycles. The van der Waals surface area contributed by atoms with Crippen LogP contribution in [-0.4, -0.2) is 23.3 Å². The van der Waals surface area contributed by atoms with E-state index in [0.717, 1.165) is 19.3 Å². The Hall–Kier alpha value is -0.830. The van der Waals surface area contributed by atoms with E-state index >= 15 is 0 Å². The van der Waals surface area contributed by atoms with Gasteiger partial charge in [0.15, 0.2) is 0 Å². The van der Waals surface area contributed by atoms with Crippen molar-refractivity contribution < 1.29 is 14.3 Å². The van der Waals surface area contributed by atoms with E-state index < -0.39 is 0 Å². The molecule has 0 N–H and O–H groups in total. The van der Waals surface area contributed by atoms with Crippen LogP contribution in [0.3, 0.4) is 0 Å². The number of hydrogen-bond donors (Lipinski definition) is 0. The van der Waals surface area contributed by atoms with Gasteiger partial charge >= 0.3 is 5.97 Å². The van der Waals surface area contributed by atoms with Crippen LogP contribution in [0.5, 0.6) is 0 Å². The van der Waals surface area contributed by atoms with Gasteiger partial charge in [0.25, 0.3) is 0 Å². The lowest BCUT2D eigenvalue weighted by Crippen LogP contribution is -2.42. The highest BCUT2D eigenvalue weighted by Crippen LogP contribution is 2.70. The third-order valence-electron chi connectivity index (χ3n) is 6.01. The first-order valence-electron chi connectivity index (χ1n) is 7.09. The summed E-state index contributed by atoms with van der Waals surface area (Å²) in [5, 5.41) is 0.